The van der Waals surface area contributed by atoms with Crippen LogP contribution in [0.3, 0.4) is 0 Å². The fourth-order valence-corrected chi connectivity index (χ4v) is 1.47. The average Bonchev–Trinajstić information content (AvgIpc) is 2.38. The molecule has 0 radical (unpaired) electrons. The highest BCUT2D eigenvalue weighted by Gasteiger charge is 2.22. The lowest BCUT2D eigenvalue weighted by Gasteiger charge is -2.17. The highest BCUT2D eigenvalue weighted by molar-refractivity contribution is 5.74. The molecule has 0 N–H and O–H groups in total. The molecule has 0 aromatic heterocycles. The van der Waals surface area contributed by atoms with E-state index in [4.69, 9.17) is 4.74 Å². The molecule has 1 atom stereocenters. The molecular formula is C13H16F2O3. The van der Waals surface area contributed by atoms with Crippen molar-refractivity contribution in [3.8, 4) is 5.75 Å². The summed E-state index contributed by atoms with van der Waals surface area (Å²) >= 11 is 0. The second kappa shape index (κ2) is 6.93. The van der Waals surface area contributed by atoms with Crippen LogP contribution >= 0.6 is 0 Å². The van der Waals surface area contributed by atoms with E-state index in [0.29, 0.717) is 6.42 Å². The first-order valence-corrected chi connectivity index (χ1v) is 5.78. The van der Waals surface area contributed by atoms with Gasteiger partial charge in [-0.3, -0.25) is 0 Å². The zero-order valence-corrected chi connectivity index (χ0v) is 10.4. The predicted octanol–water partition coefficient (Wildman–Crippen LogP) is 3.08. The van der Waals surface area contributed by atoms with Gasteiger partial charge in [-0.05, 0) is 25.0 Å². The number of benzene rings is 1. The number of halogens is 2. The van der Waals surface area contributed by atoms with Crippen molar-refractivity contribution in [3.63, 3.8) is 0 Å². The fourth-order valence-electron chi connectivity index (χ4n) is 1.47. The van der Waals surface area contributed by atoms with Crippen LogP contribution in [0.5, 0.6) is 5.75 Å². The molecule has 1 aromatic rings. The largest absolute Gasteiger partial charge is 0.476 e. The molecule has 0 saturated heterocycles. The third kappa shape index (κ3) is 3.68. The van der Waals surface area contributed by atoms with Gasteiger partial charge in [0.25, 0.3) is 0 Å². The maximum absolute atomic E-state index is 13.4. The van der Waals surface area contributed by atoms with Gasteiger partial charge >= 0.3 is 5.97 Å². The molecule has 0 aliphatic heterocycles. The number of carbonyl (C=O) groups excluding carboxylic acids is 1. The van der Waals surface area contributed by atoms with Crippen LogP contribution in [-0.4, -0.2) is 19.2 Å². The molecule has 0 heterocycles. The molecular weight excluding hydrogens is 242 g/mol. The lowest BCUT2D eigenvalue weighted by Crippen LogP contribution is -2.29. The zero-order valence-electron chi connectivity index (χ0n) is 10.4. The van der Waals surface area contributed by atoms with Crippen LogP contribution in [0.25, 0.3) is 0 Å². The Morgan fingerprint density at radius 1 is 1.39 bits per heavy atom. The Morgan fingerprint density at radius 2 is 2.11 bits per heavy atom. The lowest BCUT2D eigenvalue weighted by molar-refractivity contribution is -0.149. The fraction of sp³-hybridized carbons (Fsp3) is 0.462. The summed E-state index contributed by atoms with van der Waals surface area (Å²) in [6.07, 6.45) is 1.09. The van der Waals surface area contributed by atoms with Gasteiger partial charge in [0.15, 0.2) is 17.7 Å². The average molecular weight is 258 g/mol. The third-order valence-corrected chi connectivity index (χ3v) is 2.47. The van der Waals surface area contributed by atoms with E-state index < -0.39 is 23.7 Å². The number of unbranched alkanes of at least 4 members (excludes halogenated alkanes) is 1. The number of esters is 1. The molecule has 0 aliphatic carbocycles. The van der Waals surface area contributed by atoms with Gasteiger partial charge in [0, 0.05) is 0 Å². The molecule has 0 spiro atoms. The van der Waals surface area contributed by atoms with Crippen LogP contribution in [0.1, 0.15) is 26.2 Å². The molecule has 1 unspecified atom stereocenters. The van der Waals surface area contributed by atoms with Crippen molar-refractivity contribution in [2.75, 3.05) is 7.11 Å². The molecule has 1 aromatic carbocycles. The second-order valence-corrected chi connectivity index (χ2v) is 3.82. The van der Waals surface area contributed by atoms with E-state index in [1.54, 1.807) is 0 Å². The maximum atomic E-state index is 13.4. The summed E-state index contributed by atoms with van der Waals surface area (Å²) in [6.45, 7) is 1.96. The predicted molar refractivity (Wildman–Crippen MR) is 62.3 cm³/mol. The van der Waals surface area contributed by atoms with Gasteiger partial charge in [-0.15, -0.1) is 0 Å². The number of methoxy groups -OCH3 is 1. The van der Waals surface area contributed by atoms with Gasteiger partial charge in [0.1, 0.15) is 0 Å². The Balaban J connectivity index is 2.81. The molecule has 0 saturated carbocycles. The van der Waals surface area contributed by atoms with E-state index >= 15 is 0 Å². The Hall–Kier alpha value is -1.65. The normalized spacial score (nSPS) is 12.0. The maximum Gasteiger partial charge on any atom is 0.347 e. The van der Waals surface area contributed by atoms with Crippen molar-refractivity contribution in [1.29, 1.82) is 0 Å². The van der Waals surface area contributed by atoms with Gasteiger partial charge in [-0.2, -0.15) is 4.39 Å². The summed E-state index contributed by atoms with van der Waals surface area (Å²) in [6, 6.07) is 3.59. The van der Waals surface area contributed by atoms with Crippen molar-refractivity contribution in [2.24, 2.45) is 0 Å². The van der Waals surface area contributed by atoms with Gasteiger partial charge < -0.3 is 9.47 Å². The summed E-state index contributed by atoms with van der Waals surface area (Å²) in [7, 11) is 1.23. The van der Waals surface area contributed by atoms with E-state index in [9.17, 15) is 13.6 Å². The molecule has 0 amide bonds. The highest BCUT2D eigenvalue weighted by Crippen LogP contribution is 2.22. The minimum atomic E-state index is -1.09. The Labute approximate surface area is 105 Å². The first kappa shape index (κ1) is 14.4. The summed E-state index contributed by atoms with van der Waals surface area (Å²) in [5, 5.41) is 0. The molecule has 100 valence electrons. The number of rotatable bonds is 6. The summed E-state index contributed by atoms with van der Waals surface area (Å²) in [4.78, 5) is 11.5. The lowest BCUT2D eigenvalue weighted by atomic mass is 10.1. The standard InChI is InChI=1S/C13H16F2O3/c1-3-4-7-11(13(16)17-2)18-10-8-5-6-9(14)12(10)15/h5-6,8,11H,3-4,7H2,1-2H3. The van der Waals surface area contributed by atoms with E-state index in [1.807, 2.05) is 6.92 Å². The Bertz CT molecular complexity index is 407. The SMILES string of the molecule is CCCCC(Oc1cccc(F)c1F)C(=O)OC. The minimum Gasteiger partial charge on any atom is -0.476 e. The van der Waals surface area contributed by atoms with E-state index in [0.717, 1.165) is 18.9 Å². The van der Waals surface area contributed by atoms with Gasteiger partial charge in [0.05, 0.1) is 7.11 Å². The Morgan fingerprint density at radius 3 is 2.72 bits per heavy atom. The van der Waals surface area contributed by atoms with Gasteiger partial charge in [-0.1, -0.05) is 19.4 Å². The summed E-state index contributed by atoms with van der Waals surface area (Å²) in [5.74, 6) is -2.97. The molecule has 0 bridgehead atoms. The zero-order chi connectivity index (χ0) is 13.5. The van der Waals surface area contributed by atoms with Crippen LogP contribution in [0.2, 0.25) is 0 Å². The summed E-state index contributed by atoms with van der Waals surface area (Å²) in [5.41, 5.74) is 0. The number of hydrogen-bond donors (Lipinski definition) is 0. The minimum absolute atomic E-state index is 0.276. The van der Waals surface area contributed by atoms with Crippen molar-refractivity contribution in [1.82, 2.24) is 0 Å². The van der Waals surface area contributed by atoms with Gasteiger partial charge in [0.2, 0.25) is 5.82 Å². The monoisotopic (exact) mass is 258 g/mol. The molecule has 18 heavy (non-hydrogen) atoms. The number of hydrogen-bond acceptors (Lipinski definition) is 3. The molecule has 0 fully saturated rings. The molecule has 0 aliphatic rings. The van der Waals surface area contributed by atoms with Crippen LogP contribution in [-0.2, 0) is 9.53 Å². The smallest absolute Gasteiger partial charge is 0.347 e. The molecule has 5 heteroatoms. The van der Waals surface area contributed by atoms with E-state index in [1.165, 1.54) is 19.2 Å². The Kier molecular flexibility index (Phi) is 5.55. The molecule has 3 nitrogen and oxygen atoms in total. The van der Waals surface area contributed by atoms with Crippen LogP contribution in [0.4, 0.5) is 8.78 Å². The van der Waals surface area contributed by atoms with Crippen molar-refractivity contribution >= 4 is 5.97 Å². The van der Waals surface area contributed by atoms with Crippen molar-refractivity contribution < 1.29 is 23.0 Å². The summed E-state index contributed by atoms with van der Waals surface area (Å²) < 4.78 is 36.2. The van der Waals surface area contributed by atoms with Crippen LogP contribution < -0.4 is 4.74 Å². The quantitative estimate of drug-likeness (QED) is 0.735. The first-order chi connectivity index (χ1) is 8.60. The van der Waals surface area contributed by atoms with E-state index in [-0.39, 0.29) is 5.75 Å². The van der Waals surface area contributed by atoms with Crippen LogP contribution in [0.15, 0.2) is 18.2 Å². The highest BCUT2D eigenvalue weighted by atomic mass is 19.2. The number of carbonyl (C=O) groups is 1. The van der Waals surface area contributed by atoms with Crippen molar-refractivity contribution in [2.45, 2.75) is 32.3 Å². The van der Waals surface area contributed by atoms with Gasteiger partial charge in [-0.25, -0.2) is 9.18 Å². The third-order valence-electron chi connectivity index (χ3n) is 2.47. The van der Waals surface area contributed by atoms with Crippen LogP contribution in [0, 0.1) is 11.6 Å². The first-order valence-electron chi connectivity index (χ1n) is 5.78. The van der Waals surface area contributed by atoms with E-state index in [2.05, 4.69) is 4.74 Å². The second-order valence-electron chi connectivity index (χ2n) is 3.82. The molecule has 1 rings (SSSR count). The van der Waals surface area contributed by atoms with Crippen molar-refractivity contribution in [3.05, 3.63) is 29.8 Å². The number of ether oxygens (including phenoxy) is 2. The topological polar surface area (TPSA) is 35.5 Å².